The number of benzene rings is 3. The smallest absolute Gasteiger partial charge is 0.353 e. The van der Waals surface area contributed by atoms with Crippen LogP contribution in [0.2, 0.25) is 0 Å². The van der Waals surface area contributed by atoms with Crippen molar-refractivity contribution in [1.82, 2.24) is 9.97 Å². The van der Waals surface area contributed by atoms with Crippen molar-refractivity contribution in [1.29, 1.82) is 0 Å². The maximum Gasteiger partial charge on any atom is 0.353 e. The van der Waals surface area contributed by atoms with Gasteiger partial charge in [-0.1, -0.05) is 86.6 Å². The van der Waals surface area contributed by atoms with Crippen molar-refractivity contribution in [3.8, 4) is 0 Å². The van der Waals surface area contributed by atoms with Crippen LogP contribution < -0.4 is 10.6 Å². The minimum atomic E-state index is -0.458. The maximum atomic E-state index is 12.1. The van der Waals surface area contributed by atoms with E-state index in [1.807, 2.05) is 84.9 Å². The minimum absolute atomic E-state index is 0.134. The molecule has 4 rings (SSSR count). The first-order valence-corrected chi connectivity index (χ1v) is 10.8. The van der Waals surface area contributed by atoms with Crippen LogP contribution in [-0.4, -0.2) is 14.9 Å². The molecule has 0 aliphatic carbocycles. The molecule has 7 heteroatoms. The fraction of sp³-hybridized carbons (Fsp3) is 0.154. The first-order valence-electron chi connectivity index (χ1n) is 10.8. The molecule has 4 aromatic rings. The molecule has 0 unspecified atom stereocenters. The standard InChI is InChI=1S/C26H25N5O2/c1-18(2)19-13-15-22(16-14-19)29-25-24(31(32)33)26(28-17-27-25)30-23(20-9-5-3-6-10-20)21-11-7-4-8-12-21/h3-18,23H,1-2H3,(H2,27,28,29,30). The highest BCUT2D eigenvalue weighted by atomic mass is 16.6. The molecule has 0 aliphatic heterocycles. The van der Waals surface area contributed by atoms with Crippen LogP contribution in [0.3, 0.4) is 0 Å². The first kappa shape index (κ1) is 22.0. The van der Waals surface area contributed by atoms with Crippen molar-refractivity contribution in [2.75, 3.05) is 10.6 Å². The highest BCUT2D eigenvalue weighted by Crippen LogP contribution is 2.35. The summed E-state index contributed by atoms with van der Waals surface area (Å²) >= 11 is 0. The predicted molar refractivity (Wildman–Crippen MR) is 131 cm³/mol. The Hall–Kier alpha value is -4.26. The quantitative estimate of drug-likeness (QED) is 0.242. The molecule has 0 saturated heterocycles. The minimum Gasteiger partial charge on any atom is -0.353 e. The van der Waals surface area contributed by atoms with Crippen LogP contribution >= 0.6 is 0 Å². The number of nitro groups is 1. The Morgan fingerprint density at radius 1 is 0.758 bits per heavy atom. The van der Waals surface area contributed by atoms with Crippen LogP contribution in [0.1, 0.15) is 42.5 Å². The van der Waals surface area contributed by atoms with Gasteiger partial charge in [-0.25, -0.2) is 9.97 Å². The van der Waals surface area contributed by atoms with E-state index < -0.39 is 4.92 Å². The fourth-order valence-electron chi connectivity index (χ4n) is 3.62. The van der Waals surface area contributed by atoms with Crippen LogP contribution in [0.15, 0.2) is 91.3 Å². The lowest BCUT2D eigenvalue weighted by Gasteiger charge is -2.20. The Kier molecular flexibility index (Phi) is 6.59. The van der Waals surface area contributed by atoms with Gasteiger partial charge in [0.15, 0.2) is 0 Å². The van der Waals surface area contributed by atoms with E-state index >= 15 is 0 Å². The average Bonchev–Trinajstić information content (AvgIpc) is 2.84. The monoisotopic (exact) mass is 439 g/mol. The van der Waals surface area contributed by atoms with Crippen LogP contribution in [-0.2, 0) is 0 Å². The molecule has 1 aromatic heterocycles. The molecular formula is C26H25N5O2. The Morgan fingerprint density at radius 3 is 1.82 bits per heavy atom. The normalized spacial score (nSPS) is 10.9. The number of hydrogen-bond donors (Lipinski definition) is 2. The summed E-state index contributed by atoms with van der Waals surface area (Å²) < 4.78 is 0. The van der Waals surface area contributed by atoms with Gasteiger partial charge in [-0.15, -0.1) is 0 Å². The molecule has 0 aliphatic rings. The van der Waals surface area contributed by atoms with Crippen LogP contribution in [0.25, 0.3) is 0 Å². The van der Waals surface area contributed by atoms with Gasteiger partial charge in [0, 0.05) is 5.69 Å². The summed E-state index contributed by atoms with van der Waals surface area (Å²) in [6.07, 6.45) is 1.33. The summed E-state index contributed by atoms with van der Waals surface area (Å²) in [6, 6.07) is 27.0. The van der Waals surface area contributed by atoms with Gasteiger partial charge >= 0.3 is 5.69 Å². The Labute approximate surface area is 192 Å². The molecule has 0 saturated carbocycles. The molecule has 0 spiro atoms. The van der Waals surface area contributed by atoms with Crippen molar-refractivity contribution < 1.29 is 4.92 Å². The Balaban J connectivity index is 1.70. The highest BCUT2D eigenvalue weighted by Gasteiger charge is 2.26. The summed E-state index contributed by atoms with van der Waals surface area (Å²) in [5, 5.41) is 18.4. The SMILES string of the molecule is CC(C)c1ccc(Nc2ncnc(NC(c3ccccc3)c3ccccc3)c2[N+](=O)[O-])cc1. The van der Waals surface area contributed by atoms with E-state index in [9.17, 15) is 10.1 Å². The van der Waals surface area contributed by atoms with E-state index in [0.29, 0.717) is 5.92 Å². The lowest BCUT2D eigenvalue weighted by molar-refractivity contribution is -0.383. The second-order valence-electron chi connectivity index (χ2n) is 7.98. The third-order valence-corrected chi connectivity index (χ3v) is 5.39. The molecule has 0 fully saturated rings. The van der Waals surface area contributed by atoms with Crippen molar-refractivity contribution in [2.24, 2.45) is 0 Å². The molecule has 0 bridgehead atoms. The molecule has 166 valence electrons. The van der Waals surface area contributed by atoms with Gasteiger partial charge in [-0.2, -0.15) is 0 Å². The molecule has 3 aromatic carbocycles. The van der Waals surface area contributed by atoms with Crippen molar-refractivity contribution in [2.45, 2.75) is 25.8 Å². The lowest BCUT2D eigenvalue weighted by atomic mass is 9.99. The lowest BCUT2D eigenvalue weighted by Crippen LogP contribution is -2.15. The van der Waals surface area contributed by atoms with Gasteiger partial charge in [0.05, 0.1) is 11.0 Å². The van der Waals surface area contributed by atoms with E-state index in [1.165, 1.54) is 11.9 Å². The number of hydrogen-bond acceptors (Lipinski definition) is 6. The van der Waals surface area contributed by atoms with Gasteiger partial charge in [0.25, 0.3) is 0 Å². The zero-order valence-electron chi connectivity index (χ0n) is 18.5. The van der Waals surface area contributed by atoms with Gasteiger partial charge in [-0.3, -0.25) is 10.1 Å². The molecule has 7 nitrogen and oxygen atoms in total. The van der Waals surface area contributed by atoms with E-state index in [-0.39, 0.29) is 23.4 Å². The summed E-state index contributed by atoms with van der Waals surface area (Å²) in [5.74, 6) is 0.680. The van der Waals surface area contributed by atoms with Crippen molar-refractivity contribution in [3.05, 3.63) is 118 Å². The number of rotatable bonds is 8. The predicted octanol–water partition coefficient (Wildman–Crippen LogP) is 6.45. The van der Waals surface area contributed by atoms with Crippen molar-refractivity contribution in [3.63, 3.8) is 0 Å². The van der Waals surface area contributed by atoms with E-state index in [4.69, 9.17) is 0 Å². The number of nitrogens with zero attached hydrogens (tertiary/aromatic N) is 3. The summed E-state index contributed by atoms with van der Waals surface area (Å²) in [4.78, 5) is 20.0. The second kappa shape index (κ2) is 9.91. The van der Waals surface area contributed by atoms with Crippen LogP contribution in [0.4, 0.5) is 23.0 Å². The average molecular weight is 440 g/mol. The molecule has 1 heterocycles. The summed E-state index contributed by atoms with van der Waals surface area (Å²) in [6.45, 7) is 4.23. The maximum absolute atomic E-state index is 12.1. The first-order chi connectivity index (χ1) is 16.0. The van der Waals surface area contributed by atoms with E-state index in [0.717, 1.165) is 16.8 Å². The number of anilines is 3. The molecule has 0 radical (unpaired) electrons. The van der Waals surface area contributed by atoms with Gasteiger partial charge in [0.1, 0.15) is 6.33 Å². The van der Waals surface area contributed by atoms with Crippen LogP contribution in [0.5, 0.6) is 0 Å². The fourth-order valence-corrected chi connectivity index (χ4v) is 3.62. The molecular weight excluding hydrogens is 414 g/mol. The van der Waals surface area contributed by atoms with Gasteiger partial charge in [0.2, 0.25) is 11.6 Å². The second-order valence-corrected chi connectivity index (χ2v) is 7.98. The third kappa shape index (κ3) is 5.15. The van der Waals surface area contributed by atoms with Gasteiger partial charge in [-0.05, 0) is 34.7 Å². The highest BCUT2D eigenvalue weighted by molar-refractivity contribution is 5.74. The third-order valence-electron chi connectivity index (χ3n) is 5.39. The van der Waals surface area contributed by atoms with E-state index in [1.54, 1.807) is 0 Å². The summed E-state index contributed by atoms with van der Waals surface area (Å²) in [5.41, 5.74) is 3.64. The Morgan fingerprint density at radius 2 is 1.30 bits per heavy atom. The molecule has 0 atom stereocenters. The molecule has 2 N–H and O–H groups in total. The molecule has 33 heavy (non-hydrogen) atoms. The molecule has 0 amide bonds. The number of nitrogens with one attached hydrogen (secondary N) is 2. The summed E-state index contributed by atoms with van der Waals surface area (Å²) in [7, 11) is 0. The topological polar surface area (TPSA) is 93.0 Å². The van der Waals surface area contributed by atoms with Gasteiger partial charge < -0.3 is 10.6 Å². The zero-order valence-corrected chi connectivity index (χ0v) is 18.5. The largest absolute Gasteiger partial charge is 0.353 e. The van der Waals surface area contributed by atoms with E-state index in [2.05, 4.69) is 34.4 Å². The number of aromatic nitrogens is 2. The van der Waals surface area contributed by atoms with Crippen LogP contribution in [0, 0.1) is 10.1 Å². The zero-order chi connectivity index (χ0) is 23.2. The Bertz CT molecular complexity index is 1170. The van der Waals surface area contributed by atoms with Crippen molar-refractivity contribution >= 4 is 23.0 Å².